The first-order valence-corrected chi connectivity index (χ1v) is 7.83. The van der Waals surface area contributed by atoms with Crippen molar-refractivity contribution in [2.75, 3.05) is 34.2 Å². The van der Waals surface area contributed by atoms with Gasteiger partial charge in [0.1, 0.15) is 5.56 Å². The maximum atomic E-state index is 3.73. The summed E-state index contributed by atoms with van der Waals surface area (Å²) in [4.78, 5) is 0. The summed E-state index contributed by atoms with van der Waals surface area (Å²) in [5.74, 6) is 1.10. The zero-order valence-electron chi connectivity index (χ0n) is 11.1. The second-order valence-electron chi connectivity index (χ2n) is 4.82. The summed E-state index contributed by atoms with van der Waals surface area (Å²) in [6.45, 7) is 2.21. The van der Waals surface area contributed by atoms with E-state index in [1.165, 1.54) is 5.56 Å². The normalized spacial score (nSPS) is 23.5. The Hall–Kier alpha value is -1.16. The monoisotopic (exact) mass is 265 g/mol. The van der Waals surface area contributed by atoms with Gasteiger partial charge in [-0.2, -0.15) is 0 Å². The summed E-state index contributed by atoms with van der Waals surface area (Å²) in [5.41, 5.74) is 1.20. The Morgan fingerprint density at radius 3 is 2.22 bits per heavy atom. The van der Waals surface area contributed by atoms with E-state index < -0.39 is 7.51 Å². The Morgan fingerprint density at radius 1 is 1.00 bits per heavy atom. The number of amidine groups is 1. The molecule has 0 amide bonds. The van der Waals surface area contributed by atoms with Crippen molar-refractivity contribution in [2.24, 2.45) is 0 Å². The van der Waals surface area contributed by atoms with Crippen LogP contribution in [0.5, 0.6) is 0 Å². The molecule has 0 saturated carbocycles. The summed E-state index contributed by atoms with van der Waals surface area (Å²) in [5, 5.41) is 3.47. The average molecular weight is 265 g/mol. The third-order valence-electron chi connectivity index (χ3n) is 3.72. The number of hydrazine groups is 1. The van der Waals surface area contributed by atoms with Crippen LogP contribution in [0.15, 0.2) is 30.3 Å². The molecular weight excluding hydrogens is 245 g/mol. The van der Waals surface area contributed by atoms with Gasteiger partial charge in [0, 0.05) is 13.1 Å². The second-order valence-corrected chi connectivity index (χ2v) is 8.15. The number of likely N-dealkylation sites (N-methyl/N-ethyl adjacent to an activating group) is 2. The molecule has 3 rings (SSSR count). The van der Waals surface area contributed by atoms with Crippen molar-refractivity contribution in [3.05, 3.63) is 35.9 Å². The van der Waals surface area contributed by atoms with Crippen LogP contribution in [-0.4, -0.2) is 54.2 Å². The molecule has 1 aromatic rings. The first-order valence-electron chi connectivity index (χ1n) is 6.18. The minimum Gasteiger partial charge on any atom is -0.203 e. The van der Waals surface area contributed by atoms with Crippen LogP contribution in [0.1, 0.15) is 5.56 Å². The van der Waals surface area contributed by atoms with Crippen LogP contribution in [0.2, 0.25) is 0 Å². The predicted octanol–water partition coefficient (Wildman–Crippen LogP) is -1.72. The Labute approximate surface area is 108 Å². The molecule has 0 radical (unpaired) electrons. The largest absolute Gasteiger partial charge is 0.469 e. The molecule has 18 heavy (non-hydrogen) atoms. The van der Waals surface area contributed by atoms with Crippen molar-refractivity contribution in [1.82, 2.24) is 14.1 Å². The zero-order valence-corrected chi connectivity index (χ0v) is 12.0. The van der Waals surface area contributed by atoms with E-state index in [0.29, 0.717) is 0 Å². The van der Waals surface area contributed by atoms with Crippen molar-refractivity contribution in [2.45, 2.75) is 0 Å². The molecule has 96 valence electrons. The van der Waals surface area contributed by atoms with Gasteiger partial charge in [-0.1, -0.05) is 28.1 Å². The van der Waals surface area contributed by atoms with Crippen molar-refractivity contribution < 1.29 is 9.85 Å². The first kappa shape index (κ1) is 11.9. The average Bonchev–Trinajstić information content (AvgIpc) is 2.88. The van der Waals surface area contributed by atoms with Crippen molar-refractivity contribution >= 4 is 13.3 Å². The molecule has 2 N–H and O–H groups in total. The van der Waals surface area contributed by atoms with Gasteiger partial charge in [-0.25, -0.2) is 9.34 Å². The lowest BCUT2D eigenvalue weighted by atomic mass is 10.2. The van der Waals surface area contributed by atoms with E-state index in [9.17, 15) is 0 Å². The topological polar surface area (TPSA) is 37.7 Å². The Kier molecular flexibility index (Phi) is 2.77. The predicted molar refractivity (Wildman–Crippen MR) is 72.4 cm³/mol. The molecule has 6 heteroatoms. The van der Waals surface area contributed by atoms with E-state index in [2.05, 4.69) is 69.4 Å². The maximum absolute atomic E-state index is 3.73. The van der Waals surface area contributed by atoms with Gasteiger partial charge in [-0.05, 0) is 26.2 Å². The molecule has 0 atom stereocenters. The molecule has 1 fully saturated rings. The van der Waals surface area contributed by atoms with Crippen LogP contribution in [0.3, 0.4) is 0 Å². The first-order chi connectivity index (χ1) is 8.64. The minimum atomic E-state index is -1.59. The molecule has 2 aliphatic rings. The van der Waals surface area contributed by atoms with Gasteiger partial charge < -0.3 is 0 Å². The van der Waals surface area contributed by atoms with Crippen molar-refractivity contribution in [3.8, 4) is 0 Å². The molecule has 0 unspecified atom stereocenters. The van der Waals surface area contributed by atoms with Crippen LogP contribution in [0, 0.1) is 0 Å². The van der Waals surface area contributed by atoms with Crippen LogP contribution in [0.25, 0.3) is 0 Å². The molecule has 0 aliphatic carbocycles. The Morgan fingerprint density at radius 2 is 1.61 bits per heavy atom. The van der Waals surface area contributed by atoms with E-state index in [0.717, 1.165) is 18.9 Å². The smallest absolute Gasteiger partial charge is 0.203 e. The van der Waals surface area contributed by atoms with Gasteiger partial charge in [0.2, 0.25) is 0 Å². The number of rotatable bonds is 1. The number of hydrogen-bond donors (Lipinski definition) is 2. The lowest BCUT2D eigenvalue weighted by Crippen LogP contribution is -2.87. The van der Waals surface area contributed by atoms with Crippen LogP contribution < -0.4 is 9.85 Å². The number of nitrogens with one attached hydrogen (secondary N) is 2. The Balaban J connectivity index is 2.06. The fourth-order valence-electron chi connectivity index (χ4n) is 2.67. The molecule has 1 aromatic carbocycles. The minimum absolute atomic E-state index is 1.10. The van der Waals surface area contributed by atoms with E-state index in [-0.39, 0.29) is 0 Å². The highest BCUT2D eigenvalue weighted by atomic mass is 31.2. The van der Waals surface area contributed by atoms with Crippen LogP contribution in [0.4, 0.5) is 0 Å². The summed E-state index contributed by atoms with van der Waals surface area (Å²) < 4.78 is 10.8. The number of benzene rings is 1. The van der Waals surface area contributed by atoms with Gasteiger partial charge >= 0.3 is 13.3 Å². The standard InChI is InChI=1S/C12H18N5P/c1-15-9-10-16(2)18(15)14-12(13-17(18)3)11-7-5-4-6-8-11/h4-8H,9-10H2,1-3H3/p+2. The molecular formula is C12H20N5P+2. The highest BCUT2D eigenvalue weighted by molar-refractivity contribution is 7.56. The summed E-state index contributed by atoms with van der Waals surface area (Å²) >= 11 is 0. The summed E-state index contributed by atoms with van der Waals surface area (Å²) in [6, 6.07) is 10.4. The molecule has 1 spiro atoms. The third-order valence-corrected chi connectivity index (χ3v) is 7.48. The van der Waals surface area contributed by atoms with Crippen molar-refractivity contribution in [3.63, 3.8) is 0 Å². The van der Waals surface area contributed by atoms with Crippen molar-refractivity contribution in [1.29, 1.82) is 0 Å². The fraction of sp³-hybridized carbons (Fsp3) is 0.417. The lowest BCUT2D eigenvalue weighted by Gasteiger charge is -2.23. The molecule has 2 aliphatic heterocycles. The van der Waals surface area contributed by atoms with E-state index in [1.807, 2.05) is 6.07 Å². The summed E-state index contributed by atoms with van der Waals surface area (Å²) in [6.07, 6.45) is 0. The molecule has 0 aromatic heterocycles. The second kappa shape index (κ2) is 4.19. The Bertz CT molecular complexity index is 525. The van der Waals surface area contributed by atoms with Gasteiger partial charge in [0.05, 0.1) is 7.05 Å². The third kappa shape index (κ3) is 1.55. The SMILES string of the molecule is CN1CCN(C)P12=[NH+]C(c1ccccc1)=[NH+]N2C. The van der Waals surface area contributed by atoms with Crippen LogP contribution in [-0.2, 0) is 0 Å². The number of nitrogens with zero attached hydrogens (tertiary/aromatic N) is 3. The van der Waals surface area contributed by atoms with Crippen LogP contribution >= 0.6 is 7.51 Å². The molecule has 0 bridgehead atoms. The highest BCUT2D eigenvalue weighted by Crippen LogP contribution is 2.52. The molecule has 1 saturated heterocycles. The van der Waals surface area contributed by atoms with Gasteiger partial charge in [-0.3, -0.25) is 0 Å². The highest BCUT2D eigenvalue weighted by Gasteiger charge is 2.53. The zero-order chi connectivity index (χ0) is 12.8. The summed E-state index contributed by atoms with van der Waals surface area (Å²) in [7, 11) is 4.91. The fourth-order valence-corrected chi connectivity index (χ4v) is 6.06. The van der Waals surface area contributed by atoms with E-state index in [1.54, 1.807) is 0 Å². The molecule has 2 heterocycles. The lowest BCUT2D eigenvalue weighted by molar-refractivity contribution is -0.611. The van der Waals surface area contributed by atoms with E-state index in [4.69, 9.17) is 0 Å². The maximum Gasteiger partial charge on any atom is 0.469 e. The van der Waals surface area contributed by atoms with E-state index >= 15 is 0 Å². The number of hydrogen-bond acceptors (Lipinski definition) is 3. The van der Waals surface area contributed by atoms with Gasteiger partial charge in [-0.15, -0.1) is 4.74 Å². The quantitative estimate of drug-likeness (QED) is 0.593. The number of hydrazone groups is 1. The molecule has 5 nitrogen and oxygen atoms in total. The van der Waals surface area contributed by atoms with Gasteiger partial charge in [0.15, 0.2) is 0 Å². The van der Waals surface area contributed by atoms with Gasteiger partial charge in [0.25, 0.3) is 0 Å².